The molecular weight excluding hydrogens is 446 g/mol. The van der Waals surface area contributed by atoms with Crippen LogP contribution in [0.1, 0.15) is 5.56 Å². The molecule has 9 heteroatoms. The minimum absolute atomic E-state index is 0.160. The van der Waals surface area contributed by atoms with E-state index in [0.717, 1.165) is 22.6 Å². The first-order chi connectivity index (χ1) is 15.5. The number of hydrogen-bond acceptors (Lipinski definition) is 6. The third-order valence-electron chi connectivity index (χ3n) is 4.67. The third-order valence-corrected chi connectivity index (χ3v) is 6.01. The molecule has 0 atom stereocenters. The number of anilines is 1. The van der Waals surface area contributed by atoms with Crippen LogP contribution in [0.25, 0.3) is 17.1 Å². The van der Waals surface area contributed by atoms with Crippen LogP contribution in [0.3, 0.4) is 0 Å². The third kappa shape index (κ3) is 4.92. The monoisotopic (exact) mass is 465 g/mol. The van der Waals surface area contributed by atoms with E-state index in [1.807, 2.05) is 60.0 Å². The molecule has 162 valence electrons. The van der Waals surface area contributed by atoms with Crippen LogP contribution >= 0.6 is 23.4 Å². The minimum Gasteiger partial charge on any atom is -0.497 e. The molecule has 0 unspecified atom stereocenters. The number of benzene rings is 2. The Hall–Kier alpha value is -3.36. The average molecular weight is 466 g/mol. The molecular formula is C23H20ClN5O2S. The van der Waals surface area contributed by atoms with Crippen LogP contribution in [0, 0.1) is 6.92 Å². The molecule has 0 saturated heterocycles. The highest BCUT2D eigenvalue weighted by molar-refractivity contribution is 7.99. The number of rotatable bonds is 7. The summed E-state index contributed by atoms with van der Waals surface area (Å²) >= 11 is 7.44. The van der Waals surface area contributed by atoms with Crippen molar-refractivity contribution in [3.8, 4) is 22.8 Å². The number of carbonyl (C=O) groups is 1. The second kappa shape index (κ2) is 9.84. The molecule has 0 bridgehead atoms. The molecule has 4 rings (SSSR count). The smallest absolute Gasteiger partial charge is 0.234 e. The molecule has 0 aliphatic heterocycles. The highest BCUT2D eigenvalue weighted by Gasteiger charge is 2.18. The lowest BCUT2D eigenvalue weighted by molar-refractivity contribution is -0.113. The summed E-state index contributed by atoms with van der Waals surface area (Å²) in [5, 5.41) is 12.8. The Morgan fingerprint density at radius 2 is 1.97 bits per heavy atom. The summed E-state index contributed by atoms with van der Waals surface area (Å²) in [4.78, 5) is 16.7. The fraction of sp³-hybridized carbons (Fsp3) is 0.130. The van der Waals surface area contributed by atoms with Crippen LogP contribution in [-0.4, -0.2) is 38.5 Å². The zero-order valence-corrected chi connectivity index (χ0v) is 19.0. The topological polar surface area (TPSA) is 81.9 Å². The number of nitrogens with one attached hydrogen (secondary N) is 1. The van der Waals surface area contributed by atoms with Gasteiger partial charge in [0.1, 0.15) is 5.75 Å². The number of amides is 1. The summed E-state index contributed by atoms with van der Waals surface area (Å²) in [5.41, 5.74) is 3.28. The molecule has 0 spiro atoms. The van der Waals surface area contributed by atoms with Crippen molar-refractivity contribution in [3.63, 3.8) is 0 Å². The van der Waals surface area contributed by atoms with Crippen molar-refractivity contribution in [2.75, 3.05) is 18.2 Å². The first-order valence-electron chi connectivity index (χ1n) is 9.74. The number of aromatic nitrogens is 4. The van der Waals surface area contributed by atoms with Crippen molar-refractivity contribution in [2.24, 2.45) is 0 Å². The van der Waals surface area contributed by atoms with Gasteiger partial charge in [0.15, 0.2) is 11.0 Å². The van der Waals surface area contributed by atoms with E-state index < -0.39 is 0 Å². The summed E-state index contributed by atoms with van der Waals surface area (Å²) in [6, 6.07) is 16.8. The molecule has 4 aromatic rings. The second-order valence-electron chi connectivity index (χ2n) is 6.88. The summed E-state index contributed by atoms with van der Waals surface area (Å²) in [6.07, 6.45) is 3.43. The molecule has 7 nitrogen and oxygen atoms in total. The maximum absolute atomic E-state index is 12.5. The van der Waals surface area contributed by atoms with Gasteiger partial charge in [-0.2, -0.15) is 0 Å². The van der Waals surface area contributed by atoms with Crippen molar-refractivity contribution >= 4 is 35.0 Å². The van der Waals surface area contributed by atoms with Crippen LogP contribution in [-0.2, 0) is 4.79 Å². The number of pyridine rings is 1. The number of carbonyl (C=O) groups excluding carboxylic acids is 1. The van der Waals surface area contributed by atoms with Gasteiger partial charge in [-0.15, -0.1) is 10.2 Å². The fourth-order valence-electron chi connectivity index (χ4n) is 3.01. The van der Waals surface area contributed by atoms with Crippen LogP contribution in [0.2, 0.25) is 5.02 Å². The highest BCUT2D eigenvalue weighted by atomic mass is 35.5. The quantitative estimate of drug-likeness (QED) is 0.385. The second-order valence-corrected chi connectivity index (χ2v) is 8.23. The predicted molar refractivity (Wildman–Crippen MR) is 127 cm³/mol. The zero-order valence-electron chi connectivity index (χ0n) is 17.4. The van der Waals surface area contributed by atoms with Gasteiger partial charge in [-0.05, 0) is 61.0 Å². The summed E-state index contributed by atoms with van der Waals surface area (Å²) in [5.74, 6) is 1.38. The molecule has 0 aliphatic rings. The molecule has 1 N–H and O–H groups in total. The van der Waals surface area contributed by atoms with E-state index in [4.69, 9.17) is 16.3 Å². The normalized spacial score (nSPS) is 10.7. The van der Waals surface area contributed by atoms with Gasteiger partial charge in [-0.25, -0.2) is 0 Å². The number of methoxy groups -OCH3 is 1. The first kappa shape index (κ1) is 21.9. The van der Waals surface area contributed by atoms with Gasteiger partial charge in [0.25, 0.3) is 0 Å². The fourth-order valence-corrected chi connectivity index (χ4v) is 3.94. The van der Waals surface area contributed by atoms with E-state index in [1.165, 1.54) is 11.8 Å². The minimum atomic E-state index is -0.165. The molecule has 0 saturated carbocycles. The van der Waals surface area contributed by atoms with Crippen molar-refractivity contribution < 1.29 is 9.53 Å². The molecule has 0 aliphatic carbocycles. The van der Waals surface area contributed by atoms with Gasteiger partial charge < -0.3 is 10.1 Å². The Kier molecular flexibility index (Phi) is 6.72. The maximum Gasteiger partial charge on any atom is 0.234 e. The van der Waals surface area contributed by atoms with E-state index in [-0.39, 0.29) is 11.7 Å². The number of ether oxygens (including phenoxy) is 1. The van der Waals surface area contributed by atoms with Gasteiger partial charge in [0.2, 0.25) is 5.91 Å². The van der Waals surface area contributed by atoms with Gasteiger partial charge >= 0.3 is 0 Å². The van der Waals surface area contributed by atoms with Crippen molar-refractivity contribution in [3.05, 3.63) is 77.6 Å². The standard InChI is InChI=1S/C23H20ClN5O2S/c1-15-5-6-17(12-20(15)24)26-21(30)14-32-23-28-27-22(16-4-3-11-25-13-16)29(23)18-7-9-19(31-2)10-8-18/h3-13H,14H2,1-2H3,(H,26,30). The molecule has 2 heterocycles. The lowest BCUT2D eigenvalue weighted by Crippen LogP contribution is -2.14. The molecule has 2 aromatic heterocycles. The molecule has 1 amide bonds. The van der Waals surface area contributed by atoms with Crippen molar-refractivity contribution in [1.29, 1.82) is 0 Å². The maximum atomic E-state index is 12.5. The number of aryl methyl sites for hydroxylation is 1. The predicted octanol–water partition coefficient (Wildman–Crippen LogP) is 5.03. The van der Waals surface area contributed by atoms with Crippen LogP contribution in [0.15, 0.2) is 72.1 Å². The Bertz CT molecular complexity index is 1230. The van der Waals surface area contributed by atoms with E-state index in [9.17, 15) is 4.79 Å². The van der Waals surface area contributed by atoms with Crippen LogP contribution < -0.4 is 10.1 Å². The summed E-state index contributed by atoms with van der Waals surface area (Å²) in [7, 11) is 1.62. The van der Waals surface area contributed by atoms with E-state index in [1.54, 1.807) is 25.6 Å². The largest absolute Gasteiger partial charge is 0.497 e. The zero-order chi connectivity index (χ0) is 22.5. The van der Waals surface area contributed by atoms with Crippen molar-refractivity contribution in [2.45, 2.75) is 12.1 Å². The Balaban J connectivity index is 1.58. The van der Waals surface area contributed by atoms with Gasteiger partial charge in [-0.1, -0.05) is 29.4 Å². The molecule has 0 radical (unpaired) electrons. The van der Waals surface area contributed by atoms with E-state index in [0.29, 0.717) is 21.7 Å². The van der Waals surface area contributed by atoms with Crippen LogP contribution in [0.5, 0.6) is 5.75 Å². The van der Waals surface area contributed by atoms with E-state index >= 15 is 0 Å². The first-order valence-corrected chi connectivity index (χ1v) is 11.1. The molecule has 2 aromatic carbocycles. The van der Waals surface area contributed by atoms with E-state index in [2.05, 4.69) is 20.5 Å². The highest BCUT2D eigenvalue weighted by Crippen LogP contribution is 2.29. The van der Waals surface area contributed by atoms with Crippen molar-refractivity contribution in [1.82, 2.24) is 19.7 Å². The number of halogens is 1. The molecule has 32 heavy (non-hydrogen) atoms. The Morgan fingerprint density at radius 1 is 1.16 bits per heavy atom. The van der Waals surface area contributed by atoms with Gasteiger partial charge in [0.05, 0.1) is 12.9 Å². The lowest BCUT2D eigenvalue weighted by atomic mass is 10.2. The number of hydrogen-bond donors (Lipinski definition) is 1. The van der Waals surface area contributed by atoms with Gasteiger partial charge in [0, 0.05) is 34.4 Å². The molecule has 0 fully saturated rings. The Labute approximate surface area is 194 Å². The van der Waals surface area contributed by atoms with Gasteiger partial charge in [-0.3, -0.25) is 14.3 Å². The average Bonchev–Trinajstić information content (AvgIpc) is 3.25. The number of thioether (sulfide) groups is 1. The summed E-state index contributed by atoms with van der Waals surface area (Å²) < 4.78 is 7.16. The SMILES string of the molecule is COc1ccc(-n2c(SCC(=O)Nc3ccc(C)c(Cl)c3)nnc2-c2cccnc2)cc1. The summed E-state index contributed by atoms with van der Waals surface area (Å²) in [6.45, 7) is 1.91. The number of nitrogens with zero attached hydrogens (tertiary/aromatic N) is 4. The lowest BCUT2D eigenvalue weighted by Gasteiger charge is -2.11. The van der Waals surface area contributed by atoms with Crippen LogP contribution in [0.4, 0.5) is 5.69 Å². The Morgan fingerprint density at radius 3 is 2.66 bits per heavy atom.